The zero-order valence-corrected chi connectivity index (χ0v) is 14.1. The van der Waals surface area contributed by atoms with Crippen molar-refractivity contribution in [1.29, 1.82) is 0 Å². The highest BCUT2D eigenvalue weighted by Gasteiger charge is 2.11. The van der Waals surface area contributed by atoms with Gasteiger partial charge in [0.15, 0.2) is 9.84 Å². The number of nitrogens with one attached hydrogen (secondary N) is 1. The SMILES string of the molecule is CS(=O)(=O)c1ccc(C(=O)Nc2ccc(Cl)cc2Br)cc1. The molecular weight excluding hydrogens is 378 g/mol. The van der Waals surface area contributed by atoms with E-state index >= 15 is 0 Å². The Balaban J connectivity index is 2.21. The van der Waals surface area contributed by atoms with Gasteiger partial charge in [-0.25, -0.2) is 8.42 Å². The minimum atomic E-state index is -3.27. The van der Waals surface area contributed by atoms with E-state index in [-0.39, 0.29) is 10.8 Å². The van der Waals surface area contributed by atoms with Gasteiger partial charge in [0.05, 0.1) is 10.6 Å². The van der Waals surface area contributed by atoms with Crippen molar-refractivity contribution in [2.45, 2.75) is 4.90 Å². The Morgan fingerprint density at radius 2 is 1.76 bits per heavy atom. The van der Waals surface area contributed by atoms with Crippen molar-refractivity contribution in [2.75, 3.05) is 11.6 Å². The van der Waals surface area contributed by atoms with Gasteiger partial charge in [0.1, 0.15) is 0 Å². The highest BCUT2D eigenvalue weighted by atomic mass is 79.9. The summed E-state index contributed by atoms with van der Waals surface area (Å²) in [6.07, 6.45) is 1.12. The van der Waals surface area contributed by atoms with Gasteiger partial charge in [0.2, 0.25) is 0 Å². The molecule has 1 amide bonds. The molecule has 0 saturated carbocycles. The molecule has 0 spiro atoms. The number of halogens is 2. The predicted octanol–water partition coefficient (Wildman–Crippen LogP) is 3.76. The van der Waals surface area contributed by atoms with Crippen LogP contribution < -0.4 is 5.32 Å². The molecule has 2 aromatic carbocycles. The number of hydrogen-bond donors (Lipinski definition) is 1. The number of anilines is 1. The van der Waals surface area contributed by atoms with Crippen LogP contribution >= 0.6 is 27.5 Å². The van der Waals surface area contributed by atoms with Crippen molar-refractivity contribution >= 4 is 49.0 Å². The minimum absolute atomic E-state index is 0.173. The molecule has 1 N–H and O–H groups in total. The predicted molar refractivity (Wildman–Crippen MR) is 86.7 cm³/mol. The molecule has 0 aromatic heterocycles. The van der Waals surface area contributed by atoms with Crippen molar-refractivity contribution in [3.63, 3.8) is 0 Å². The quantitative estimate of drug-likeness (QED) is 0.871. The van der Waals surface area contributed by atoms with Gasteiger partial charge in [0.25, 0.3) is 5.91 Å². The highest BCUT2D eigenvalue weighted by Crippen LogP contribution is 2.26. The Labute approximate surface area is 136 Å². The van der Waals surface area contributed by atoms with E-state index in [9.17, 15) is 13.2 Å². The number of carbonyl (C=O) groups is 1. The average molecular weight is 389 g/mol. The number of carbonyl (C=O) groups excluding carboxylic acids is 1. The second-order valence-corrected chi connectivity index (χ2v) is 7.68. The van der Waals surface area contributed by atoms with Gasteiger partial charge in [-0.1, -0.05) is 11.6 Å². The van der Waals surface area contributed by atoms with Gasteiger partial charge in [-0.05, 0) is 58.4 Å². The summed E-state index contributed by atoms with van der Waals surface area (Å²) < 4.78 is 23.4. The molecule has 7 heteroatoms. The van der Waals surface area contributed by atoms with Crippen LogP contribution in [0.15, 0.2) is 51.8 Å². The largest absolute Gasteiger partial charge is 0.321 e. The van der Waals surface area contributed by atoms with Crippen LogP contribution in [-0.2, 0) is 9.84 Å². The summed E-state index contributed by atoms with van der Waals surface area (Å²) in [5.41, 5.74) is 0.945. The summed E-state index contributed by atoms with van der Waals surface area (Å²) in [4.78, 5) is 12.3. The highest BCUT2D eigenvalue weighted by molar-refractivity contribution is 9.10. The fraction of sp³-hybridized carbons (Fsp3) is 0.0714. The van der Waals surface area contributed by atoms with E-state index in [1.54, 1.807) is 18.2 Å². The second-order valence-electron chi connectivity index (χ2n) is 4.37. The van der Waals surface area contributed by atoms with E-state index in [1.165, 1.54) is 24.3 Å². The van der Waals surface area contributed by atoms with Crippen LogP contribution in [0, 0.1) is 0 Å². The zero-order chi connectivity index (χ0) is 15.6. The normalized spacial score (nSPS) is 11.2. The first kappa shape index (κ1) is 16.0. The first-order valence-corrected chi connectivity index (χ1v) is 8.90. The molecule has 21 heavy (non-hydrogen) atoms. The number of benzene rings is 2. The van der Waals surface area contributed by atoms with Gasteiger partial charge >= 0.3 is 0 Å². The smallest absolute Gasteiger partial charge is 0.255 e. The van der Waals surface area contributed by atoms with Crippen LogP contribution in [0.3, 0.4) is 0 Å². The summed E-state index contributed by atoms with van der Waals surface area (Å²) in [6.45, 7) is 0. The molecule has 2 rings (SSSR count). The Kier molecular flexibility index (Phi) is 4.70. The third kappa shape index (κ3) is 4.06. The lowest BCUT2D eigenvalue weighted by molar-refractivity contribution is 0.102. The van der Waals surface area contributed by atoms with E-state index in [1.807, 2.05) is 0 Å². The maximum atomic E-state index is 12.1. The van der Waals surface area contributed by atoms with E-state index in [4.69, 9.17) is 11.6 Å². The molecule has 0 aliphatic heterocycles. The second kappa shape index (κ2) is 6.17. The summed E-state index contributed by atoms with van der Waals surface area (Å²) >= 11 is 9.14. The standard InChI is InChI=1S/C14H11BrClNO3S/c1-21(19,20)11-5-2-9(3-6-11)14(18)17-13-7-4-10(16)8-12(13)15/h2-8H,1H3,(H,17,18). The van der Waals surface area contributed by atoms with Crippen molar-refractivity contribution in [3.05, 3.63) is 57.5 Å². The van der Waals surface area contributed by atoms with Crippen LogP contribution in [0.4, 0.5) is 5.69 Å². The lowest BCUT2D eigenvalue weighted by atomic mass is 10.2. The molecule has 0 fully saturated rings. The topological polar surface area (TPSA) is 63.2 Å². The summed E-state index contributed by atoms with van der Waals surface area (Å²) in [6, 6.07) is 10.8. The molecule has 0 radical (unpaired) electrons. The Morgan fingerprint density at radius 1 is 1.14 bits per heavy atom. The minimum Gasteiger partial charge on any atom is -0.321 e. The van der Waals surface area contributed by atoms with Gasteiger partial charge in [0, 0.05) is 21.3 Å². The van der Waals surface area contributed by atoms with Crippen LogP contribution in [0.1, 0.15) is 10.4 Å². The number of hydrogen-bond acceptors (Lipinski definition) is 3. The van der Waals surface area contributed by atoms with Gasteiger partial charge < -0.3 is 5.32 Å². The van der Waals surface area contributed by atoms with Crippen LogP contribution in [0.2, 0.25) is 5.02 Å². The molecule has 0 saturated heterocycles. The van der Waals surface area contributed by atoms with Crippen molar-refractivity contribution in [3.8, 4) is 0 Å². The zero-order valence-electron chi connectivity index (χ0n) is 10.9. The molecule has 0 atom stereocenters. The van der Waals surface area contributed by atoms with E-state index in [0.717, 1.165) is 6.26 Å². The van der Waals surface area contributed by atoms with Gasteiger partial charge in [-0.15, -0.1) is 0 Å². The molecule has 0 unspecified atom stereocenters. The fourth-order valence-electron chi connectivity index (χ4n) is 1.64. The average Bonchev–Trinajstić information content (AvgIpc) is 2.41. The molecule has 110 valence electrons. The molecular formula is C14H11BrClNO3S. The van der Waals surface area contributed by atoms with Crippen molar-refractivity contribution in [1.82, 2.24) is 0 Å². The Morgan fingerprint density at radius 3 is 2.29 bits per heavy atom. The lowest BCUT2D eigenvalue weighted by Gasteiger charge is -2.08. The third-order valence-electron chi connectivity index (χ3n) is 2.72. The van der Waals surface area contributed by atoms with Crippen molar-refractivity contribution < 1.29 is 13.2 Å². The van der Waals surface area contributed by atoms with Crippen molar-refractivity contribution in [2.24, 2.45) is 0 Å². The summed E-state index contributed by atoms with van der Waals surface area (Å²) in [5, 5.41) is 3.27. The molecule has 0 bridgehead atoms. The number of rotatable bonds is 3. The third-order valence-corrected chi connectivity index (χ3v) is 4.74. The first-order chi connectivity index (χ1) is 9.77. The summed E-state index contributed by atoms with van der Waals surface area (Å²) in [5.74, 6) is -0.335. The maximum absolute atomic E-state index is 12.1. The molecule has 2 aromatic rings. The van der Waals surface area contributed by atoms with Gasteiger partial charge in [-0.2, -0.15) is 0 Å². The Bertz CT molecular complexity index is 788. The molecule has 0 heterocycles. The first-order valence-electron chi connectivity index (χ1n) is 5.84. The number of sulfone groups is 1. The molecule has 0 aliphatic carbocycles. The van der Waals surface area contributed by atoms with Crippen LogP contribution in [0.25, 0.3) is 0 Å². The lowest BCUT2D eigenvalue weighted by Crippen LogP contribution is -2.12. The maximum Gasteiger partial charge on any atom is 0.255 e. The monoisotopic (exact) mass is 387 g/mol. The number of amides is 1. The van der Waals surface area contributed by atoms with E-state index in [0.29, 0.717) is 20.7 Å². The molecule has 4 nitrogen and oxygen atoms in total. The summed E-state index contributed by atoms with van der Waals surface area (Å²) in [7, 11) is -3.27. The van der Waals surface area contributed by atoms with Crippen LogP contribution in [-0.4, -0.2) is 20.6 Å². The molecule has 0 aliphatic rings. The fourth-order valence-corrected chi connectivity index (χ4v) is 3.05. The van der Waals surface area contributed by atoms with E-state index in [2.05, 4.69) is 21.2 Å². The van der Waals surface area contributed by atoms with Crippen LogP contribution in [0.5, 0.6) is 0 Å². The van der Waals surface area contributed by atoms with Gasteiger partial charge in [-0.3, -0.25) is 4.79 Å². The Hall–Kier alpha value is -1.37. The van der Waals surface area contributed by atoms with E-state index < -0.39 is 9.84 Å².